The largest absolute Gasteiger partial charge is 0.364 e. The molecule has 0 amide bonds. The summed E-state index contributed by atoms with van der Waals surface area (Å²) >= 11 is 1.99. The molecule has 4 bridgehead atoms. The molecule has 3 heterocycles. The predicted molar refractivity (Wildman–Crippen MR) is 99.5 cm³/mol. The summed E-state index contributed by atoms with van der Waals surface area (Å²) in [7, 11) is 0. The molecule has 4 aliphatic rings. The van der Waals surface area contributed by atoms with Crippen LogP contribution in [0, 0.1) is 11.8 Å². The summed E-state index contributed by atoms with van der Waals surface area (Å²) in [6.45, 7) is 0. The molecule has 1 nitrogen and oxygen atoms in total. The summed E-state index contributed by atoms with van der Waals surface area (Å²) < 4.78 is 2.95. The minimum absolute atomic E-state index is 0.807. The Hall–Kier alpha value is -1.54. The van der Waals surface area contributed by atoms with Gasteiger partial charge in [0, 0.05) is 27.6 Å². The molecule has 0 N–H and O–H groups in total. The van der Waals surface area contributed by atoms with Crippen molar-refractivity contribution in [1.29, 1.82) is 0 Å². The van der Waals surface area contributed by atoms with Crippen LogP contribution in [0.2, 0.25) is 0 Å². The molecular formula is C21H21NS. The van der Waals surface area contributed by atoms with Crippen LogP contribution >= 0.6 is 11.3 Å². The number of thiophene rings is 1. The van der Waals surface area contributed by atoms with E-state index < -0.39 is 0 Å². The van der Waals surface area contributed by atoms with E-state index >= 15 is 0 Å². The molecule has 2 aromatic carbocycles. The van der Waals surface area contributed by atoms with E-state index in [0.29, 0.717) is 0 Å². The molecule has 2 saturated heterocycles. The highest BCUT2D eigenvalue weighted by atomic mass is 32.1. The number of anilines is 1. The van der Waals surface area contributed by atoms with E-state index in [9.17, 15) is 0 Å². The topological polar surface area (TPSA) is 3.24 Å². The minimum Gasteiger partial charge on any atom is -0.364 e. The van der Waals surface area contributed by atoms with Gasteiger partial charge in [-0.2, -0.15) is 0 Å². The van der Waals surface area contributed by atoms with Crippen molar-refractivity contribution in [3.05, 3.63) is 42.5 Å². The van der Waals surface area contributed by atoms with E-state index in [1.165, 1.54) is 58.0 Å². The standard InChI is InChI=1S/C21H21NS/c1-2-7-20-17(4-1)18-5-3-6-19(21(18)23-20)22-15-9-13-8-14(11-15)12-16(22)10-13/h1-7,13-16H,8-12H2. The van der Waals surface area contributed by atoms with Crippen molar-refractivity contribution in [2.24, 2.45) is 11.8 Å². The van der Waals surface area contributed by atoms with Gasteiger partial charge in [-0.1, -0.05) is 30.3 Å². The summed E-state index contributed by atoms with van der Waals surface area (Å²) in [4.78, 5) is 2.84. The first-order valence-corrected chi connectivity index (χ1v) is 9.87. The number of piperidine rings is 2. The van der Waals surface area contributed by atoms with E-state index in [0.717, 1.165) is 23.9 Å². The number of benzene rings is 2. The van der Waals surface area contributed by atoms with Gasteiger partial charge in [-0.3, -0.25) is 0 Å². The molecule has 0 atom stereocenters. The second-order valence-corrected chi connectivity index (χ2v) is 8.93. The third kappa shape index (κ3) is 1.73. The Morgan fingerprint density at radius 1 is 0.739 bits per heavy atom. The molecule has 116 valence electrons. The molecule has 4 fully saturated rings. The smallest absolute Gasteiger partial charge is 0.0589 e. The van der Waals surface area contributed by atoms with Crippen molar-refractivity contribution in [2.45, 2.75) is 44.2 Å². The molecule has 7 rings (SSSR count). The highest BCUT2D eigenvalue weighted by Gasteiger charge is 2.47. The van der Waals surface area contributed by atoms with Gasteiger partial charge in [0.1, 0.15) is 0 Å². The molecule has 0 unspecified atom stereocenters. The van der Waals surface area contributed by atoms with Gasteiger partial charge in [-0.05, 0) is 56.1 Å². The van der Waals surface area contributed by atoms with Gasteiger partial charge in [0.15, 0.2) is 0 Å². The molecule has 1 aromatic heterocycles. The average Bonchev–Trinajstić information content (AvgIpc) is 2.93. The lowest BCUT2D eigenvalue weighted by molar-refractivity contribution is 0.0903. The van der Waals surface area contributed by atoms with Gasteiger partial charge in [0.25, 0.3) is 0 Å². The van der Waals surface area contributed by atoms with Gasteiger partial charge in [-0.25, -0.2) is 0 Å². The fourth-order valence-electron chi connectivity index (χ4n) is 5.86. The van der Waals surface area contributed by atoms with Gasteiger partial charge < -0.3 is 4.90 Å². The van der Waals surface area contributed by atoms with Crippen molar-refractivity contribution >= 4 is 37.2 Å². The van der Waals surface area contributed by atoms with Crippen LogP contribution in [0.4, 0.5) is 5.69 Å². The first kappa shape index (κ1) is 12.8. The Balaban J connectivity index is 1.56. The first-order valence-electron chi connectivity index (χ1n) is 9.05. The third-order valence-electron chi connectivity index (χ3n) is 6.54. The van der Waals surface area contributed by atoms with Gasteiger partial charge in [0.05, 0.1) is 10.4 Å². The Morgan fingerprint density at radius 3 is 2.22 bits per heavy atom. The first-order chi connectivity index (χ1) is 11.4. The molecule has 0 spiro atoms. The van der Waals surface area contributed by atoms with Crippen molar-refractivity contribution in [2.75, 3.05) is 4.90 Å². The number of fused-ring (bicyclic) bond motifs is 3. The lowest BCUT2D eigenvalue weighted by Crippen LogP contribution is -2.58. The van der Waals surface area contributed by atoms with Crippen molar-refractivity contribution in [3.8, 4) is 0 Å². The van der Waals surface area contributed by atoms with Crippen LogP contribution < -0.4 is 4.90 Å². The van der Waals surface area contributed by atoms with E-state index in [1.54, 1.807) is 0 Å². The zero-order valence-electron chi connectivity index (χ0n) is 13.2. The van der Waals surface area contributed by atoms with E-state index in [2.05, 4.69) is 47.4 Å². The Kier molecular flexibility index (Phi) is 2.51. The molecule has 23 heavy (non-hydrogen) atoms. The molecule has 3 aromatic rings. The second kappa shape index (κ2) is 4.51. The van der Waals surface area contributed by atoms with Crippen LogP contribution in [0.5, 0.6) is 0 Å². The van der Waals surface area contributed by atoms with Crippen LogP contribution in [0.3, 0.4) is 0 Å². The maximum atomic E-state index is 2.84. The average molecular weight is 319 g/mol. The van der Waals surface area contributed by atoms with E-state index in [4.69, 9.17) is 0 Å². The van der Waals surface area contributed by atoms with Crippen LogP contribution in [0.1, 0.15) is 32.1 Å². The second-order valence-electron chi connectivity index (χ2n) is 7.88. The van der Waals surface area contributed by atoms with Gasteiger partial charge >= 0.3 is 0 Å². The summed E-state index contributed by atoms with van der Waals surface area (Å²) in [5.41, 5.74) is 1.53. The van der Waals surface area contributed by atoms with Crippen molar-refractivity contribution in [3.63, 3.8) is 0 Å². The van der Waals surface area contributed by atoms with E-state index in [-0.39, 0.29) is 0 Å². The number of hydrogen-bond donors (Lipinski definition) is 0. The summed E-state index contributed by atoms with van der Waals surface area (Å²) in [6.07, 6.45) is 7.28. The lowest BCUT2D eigenvalue weighted by atomic mass is 9.63. The Morgan fingerprint density at radius 2 is 1.43 bits per heavy atom. The quantitative estimate of drug-likeness (QED) is 0.546. The van der Waals surface area contributed by atoms with Gasteiger partial charge in [0.2, 0.25) is 0 Å². The SMILES string of the molecule is c1ccc2c(c1)sc1c(N3C4CC5CC(C4)CC3C5)cccc12. The maximum Gasteiger partial charge on any atom is 0.0589 e. The summed E-state index contributed by atoms with van der Waals surface area (Å²) in [6, 6.07) is 17.5. The number of rotatable bonds is 1. The summed E-state index contributed by atoms with van der Waals surface area (Å²) in [5.74, 6) is 2.05. The molecule has 2 aliphatic heterocycles. The van der Waals surface area contributed by atoms with Crippen molar-refractivity contribution < 1.29 is 0 Å². The highest BCUT2D eigenvalue weighted by molar-refractivity contribution is 7.26. The van der Waals surface area contributed by atoms with Crippen LogP contribution in [-0.4, -0.2) is 12.1 Å². The Bertz CT molecular complexity index is 880. The zero-order valence-corrected chi connectivity index (χ0v) is 14.1. The maximum absolute atomic E-state index is 2.84. The minimum atomic E-state index is 0.807. The highest BCUT2D eigenvalue weighted by Crippen LogP contribution is 2.52. The Labute approximate surface area is 140 Å². The predicted octanol–water partition coefficient (Wildman–Crippen LogP) is 5.82. The molecule has 2 aliphatic carbocycles. The zero-order chi connectivity index (χ0) is 15.0. The van der Waals surface area contributed by atoms with E-state index in [1.807, 2.05) is 11.3 Å². The number of hydrogen-bond acceptors (Lipinski definition) is 2. The summed E-state index contributed by atoms with van der Waals surface area (Å²) in [5, 5.41) is 2.89. The van der Waals surface area contributed by atoms with Gasteiger partial charge in [-0.15, -0.1) is 11.3 Å². The molecule has 2 heteroatoms. The van der Waals surface area contributed by atoms with Crippen LogP contribution in [0.25, 0.3) is 20.2 Å². The molecule has 2 saturated carbocycles. The molecule has 0 radical (unpaired) electrons. The van der Waals surface area contributed by atoms with Crippen molar-refractivity contribution in [1.82, 2.24) is 0 Å². The lowest BCUT2D eigenvalue weighted by Gasteiger charge is -2.57. The van der Waals surface area contributed by atoms with Crippen LogP contribution in [-0.2, 0) is 0 Å². The van der Waals surface area contributed by atoms with Crippen LogP contribution in [0.15, 0.2) is 42.5 Å². The fourth-order valence-corrected chi connectivity index (χ4v) is 7.08. The molecular weight excluding hydrogens is 298 g/mol. The monoisotopic (exact) mass is 319 g/mol. The normalized spacial score (nSPS) is 32.3. The third-order valence-corrected chi connectivity index (χ3v) is 7.75. The fraction of sp³-hybridized carbons (Fsp3) is 0.429. The number of nitrogens with zero attached hydrogens (tertiary/aromatic N) is 1.